The summed E-state index contributed by atoms with van der Waals surface area (Å²) < 4.78 is 5.74. The number of aromatic nitrogens is 2. The fraction of sp³-hybridized carbons (Fsp3) is 0.231. The number of benzene rings is 1. The number of nitrogens with one attached hydrogen (secondary N) is 1. The smallest absolute Gasteiger partial charge is 0.227 e. The molecule has 2 rings (SSSR count). The minimum Gasteiger partial charge on any atom is -0.439 e. The summed E-state index contributed by atoms with van der Waals surface area (Å²) >= 11 is 0. The van der Waals surface area contributed by atoms with Gasteiger partial charge in [0.1, 0.15) is 17.4 Å². The number of anilines is 1. The summed E-state index contributed by atoms with van der Waals surface area (Å²) in [6.07, 6.45) is 0. The van der Waals surface area contributed by atoms with Gasteiger partial charge in [-0.3, -0.25) is 0 Å². The second-order valence-corrected chi connectivity index (χ2v) is 3.71. The Morgan fingerprint density at radius 3 is 2.41 bits per heavy atom. The van der Waals surface area contributed by atoms with Crippen molar-refractivity contribution in [3.63, 3.8) is 0 Å². The zero-order chi connectivity index (χ0) is 12.3. The highest BCUT2D eigenvalue weighted by Crippen LogP contribution is 2.26. The molecule has 0 aliphatic heterocycles. The van der Waals surface area contributed by atoms with Gasteiger partial charge >= 0.3 is 0 Å². The lowest BCUT2D eigenvalue weighted by atomic mass is 10.3. The van der Waals surface area contributed by atoms with E-state index in [1.165, 1.54) is 0 Å². The van der Waals surface area contributed by atoms with Gasteiger partial charge in [0.05, 0.1) is 5.56 Å². The first-order valence-corrected chi connectivity index (χ1v) is 5.46. The molecule has 0 saturated carbocycles. The molecule has 0 radical (unpaired) electrons. The SMILES string of the molecule is CNc1nc(C)nc(Oc2ccccc2)c1C. The Hall–Kier alpha value is -2.10. The van der Waals surface area contributed by atoms with E-state index in [4.69, 9.17) is 4.74 Å². The van der Waals surface area contributed by atoms with Gasteiger partial charge in [-0.25, -0.2) is 4.98 Å². The maximum absolute atomic E-state index is 5.74. The molecule has 0 atom stereocenters. The molecule has 4 nitrogen and oxygen atoms in total. The fourth-order valence-corrected chi connectivity index (χ4v) is 1.55. The molecule has 0 amide bonds. The average Bonchev–Trinajstić information content (AvgIpc) is 2.34. The maximum atomic E-state index is 5.74. The van der Waals surface area contributed by atoms with E-state index in [0.717, 1.165) is 17.1 Å². The minimum atomic E-state index is 0.591. The van der Waals surface area contributed by atoms with Crippen molar-refractivity contribution < 1.29 is 4.74 Å². The molecular formula is C13H15N3O. The van der Waals surface area contributed by atoms with Crippen LogP contribution >= 0.6 is 0 Å². The van der Waals surface area contributed by atoms with Crippen molar-refractivity contribution in [3.8, 4) is 11.6 Å². The van der Waals surface area contributed by atoms with Crippen LogP contribution in [-0.2, 0) is 0 Å². The third kappa shape index (κ3) is 2.53. The van der Waals surface area contributed by atoms with Crippen molar-refractivity contribution in [1.29, 1.82) is 0 Å². The molecule has 0 bridgehead atoms. The van der Waals surface area contributed by atoms with Crippen LogP contribution in [0, 0.1) is 13.8 Å². The molecule has 1 heterocycles. The predicted octanol–water partition coefficient (Wildman–Crippen LogP) is 2.93. The Kier molecular flexibility index (Phi) is 3.23. The molecule has 0 spiro atoms. The van der Waals surface area contributed by atoms with Crippen molar-refractivity contribution in [2.45, 2.75) is 13.8 Å². The van der Waals surface area contributed by atoms with Crippen LogP contribution in [0.15, 0.2) is 30.3 Å². The average molecular weight is 229 g/mol. The van der Waals surface area contributed by atoms with Gasteiger partial charge in [0.15, 0.2) is 0 Å². The van der Waals surface area contributed by atoms with Gasteiger partial charge in [-0.05, 0) is 26.0 Å². The van der Waals surface area contributed by atoms with E-state index in [1.807, 2.05) is 51.2 Å². The van der Waals surface area contributed by atoms with Gasteiger partial charge in [-0.15, -0.1) is 0 Å². The van der Waals surface area contributed by atoms with Crippen LogP contribution in [0.1, 0.15) is 11.4 Å². The first-order valence-electron chi connectivity index (χ1n) is 5.46. The second kappa shape index (κ2) is 4.82. The van der Waals surface area contributed by atoms with Crippen LogP contribution in [0.25, 0.3) is 0 Å². The molecular weight excluding hydrogens is 214 g/mol. The molecule has 4 heteroatoms. The van der Waals surface area contributed by atoms with Crippen molar-refractivity contribution in [1.82, 2.24) is 9.97 Å². The van der Waals surface area contributed by atoms with Crippen LogP contribution in [0.4, 0.5) is 5.82 Å². The maximum Gasteiger partial charge on any atom is 0.227 e. The molecule has 0 aliphatic carbocycles. The number of nitrogens with zero attached hydrogens (tertiary/aromatic N) is 2. The summed E-state index contributed by atoms with van der Waals surface area (Å²) in [5.74, 6) is 2.85. The monoisotopic (exact) mass is 229 g/mol. The number of rotatable bonds is 3. The summed E-state index contributed by atoms with van der Waals surface area (Å²) in [5.41, 5.74) is 0.905. The zero-order valence-electron chi connectivity index (χ0n) is 10.2. The minimum absolute atomic E-state index is 0.591. The molecule has 0 fully saturated rings. The molecule has 1 aromatic heterocycles. The van der Waals surface area contributed by atoms with Crippen LogP contribution in [-0.4, -0.2) is 17.0 Å². The summed E-state index contributed by atoms with van der Waals surface area (Å²) in [6.45, 7) is 3.78. The molecule has 0 unspecified atom stereocenters. The summed E-state index contributed by atoms with van der Waals surface area (Å²) in [4.78, 5) is 8.59. The Bertz CT molecular complexity index is 512. The Morgan fingerprint density at radius 1 is 1.06 bits per heavy atom. The van der Waals surface area contributed by atoms with E-state index >= 15 is 0 Å². The highest BCUT2D eigenvalue weighted by atomic mass is 16.5. The van der Waals surface area contributed by atoms with Crippen LogP contribution in [0.5, 0.6) is 11.6 Å². The largest absolute Gasteiger partial charge is 0.439 e. The van der Waals surface area contributed by atoms with Gasteiger partial charge in [-0.2, -0.15) is 4.98 Å². The third-order valence-electron chi connectivity index (χ3n) is 2.41. The predicted molar refractivity (Wildman–Crippen MR) is 67.6 cm³/mol. The quantitative estimate of drug-likeness (QED) is 0.879. The highest BCUT2D eigenvalue weighted by molar-refractivity contribution is 5.49. The van der Waals surface area contributed by atoms with Crippen molar-refractivity contribution >= 4 is 5.82 Å². The van der Waals surface area contributed by atoms with Crippen LogP contribution < -0.4 is 10.1 Å². The fourth-order valence-electron chi connectivity index (χ4n) is 1.55. The van der Waals surface area contributed by atoms with Gasteiger partial charge in [-0.1, -0.05) is 18.2 Å². The molecule has 1 N–H and O–H groups in total. The van der Waals surface area contributed by atoms with Gasteiger partial charge in [0.2, 0.25) is 5.88 Å². The number of aryl methyl sites for hydroxylation is 1. The topological polar surface area (TPSA) is 47.0 Å². The van der Waals surface area contributed by atoms with E-state index in [-0.39, 0.29) is 0 Å². The molecule has 0 aliphatic rings. The molecule has 2 aromatic rings. The summed E-state index contributed by atoms with van der Waals surface area (Å²) in [6, 6.07) is 9.60. The van der Waals surface area contributed by atoms with Crippen molar-refractivity contribution in [2.75, 3.05) is 12.4 Å². The van der Waals surface area contributed by atoms with Crippen molar-refractivity contribution in [3.05, 3.63) is 41.7 Å². The molecule has 17 heavy (non-hydrogen) atoms. The van der Waals surface area contributed by atoms with E-state index in [0.29, 0.717) is 11.7 Å². The molecule has 1 aromatic carbocycles. The standard InChI is InChI=1S/C13H15N3O/c1-9-12(14-3)15-10(2)16-13(9)17-11-7-5-4-6-8-11/h4-8H,1-3H3,(H,14,15,16). The highest BCUT2D eigenvalue weighted by Gasteiger charge is 2.09. The van der Waals surface area contributed by atoms with Crippen LogP contribution in [0.3, 0.4) is 0 Å². The number of hydrogen-bond donors (Lipinski definition) is 1. The number of ether oxygens (including phenoxy) is 1. The van der Waals surface area contributed by atoms with Gasteiger partial charge in [0.25, 0.3) is 0 Å². The van der Waals surface area contributed by atoms with E-state index in [2.05, 4.69) is 15.3 Å². The molecule has 0 saturated heterocycles. The third-order valence-corrected chi connectivity index (χ3v) is 2.41. The first kappa shape index (κ1) is 11.4. The zero-order valence-corrected chi connectivity index (χ0v) is 10.2. The van der Waals surface area contributed by atoms with Crippen LogP contribution in [0.2, 0.25) is 0 Å². The van der Waals surface area contributed by atoms with E-state index in [1.54, 1.807) is 0 Å². The first-order chi connectivity index (χ1) is 8.20. The Morgan fingerprint density at radius 2 is 1.76 bits per heavy atom. The Balaban J connectivity index is 2.36. The lowest BCUT2D eigenvalue weighted by Crippen LogP contribution is -2.02. The summed E-state index contributed by atoms with van der Waals surface area (Å²) in [5, 5.41) is 3.03. The molecule has 88 valence electrons. The summed E-state index contributed by atoms with van der Waals surface area (Å²) in [7, 11) is 1.83. The Labute approximate surface area is 101 Å². The van der Waals surface area contributed by atoms with Gasteiger partial charge < -0.3 is 10.1 Å². The normalized spacial score (nSPS) is 10.1. The number of hydrogen-bond acceptors (Lipinski definition) is 4. The second-order valence-electron chi connectivity index (χ2n) is 3.71. The van der Waals surface area contributed by atoms with Gasteiger partial charge in [0, 0.05) is 7.05 Å². The lowest BCUT2D eigenvalue weighted by molar-refractivity contribution is 0.456. The van der Waals surface area contributed by atoms with E-state index in [9.17, 15) is 0 Å². The van der Waals surface area contributed by atoms with E-state index < -0.39 is 0 Å². The lowest BCUT2D eigenvalue weighted by Gasteiger charge is -2.11. The van der Waals surface area contributed by atoms with Crippen molar-refractivity contribution in [2.24, 2.45) is 0 Å². The number of para-hydroxylation sites is 1.